The van der Waals surface area contributed by atoms with Gasteiger partial charge in [0.15, 0.2) is 5.01 Å². The van der Waals surface area contributed by atoms with Crippen molar-refractivity contribution in [2.45, 2.75) is 38.4 Å². The van der Waals surface area contributed by atoms with Crippen LogP contribution in [0, 0.1) is 17.8 Å². The van der Waals surface area contributed by atoms with Gasteiger partial charge in [0.1, 0.15) is 0 Å². The van der Waals surface area contributed by atoms with Crippen LogP contribution in [0.1, 0.15) is 42.1 Å². The molecule has 0 spiro atoms. The summed E-state index contributed by atoms with van der Waals surface area (Å²) in [6, 6.07) is 0.0638. The Kier molecular flexibility index (Phi) is 3.33. The Morgan fingerprint density at radius 2 is 2.11 bits per heavy atom. The van der Waals surface area contributed by atoms with Gasteiger partial charge in [0.05, 0.1) is 0 Å². The lowest BCUT2D eigenvalue weighted by molar-refractivity contribution is -0.137. The maximum atomic E-state index is 12.6. The Labute approximate surface area is 114 Å². The fourth-order valence-corrected chi connectivity index (χ4v) is 4.50. The number of nitrogens with zero attached hydrogens (tertiary/aromatic N) is 1. The highest BCUT2D eigenvalue weighted by Crippen LogP contribution is 2.62. The number of hydrogen-bond donors (Lipinski definition) is 1. The molecule has 2 fully saturated rings. The third kappa shape index (κ3) is 2.40. The van der Waals surface area contributed by atoms with Crippen LogP contribution in [0.2, 0.25) is 0 Å². The molecule has 3 rings (SSSR count). The van der Waals surface area contributed by atoms with Crippen molar-refractivity contribution >= 4 is 11.3 Å². The van der Waals surface area contributed by atoms with Gasteiger partial charge in [-0.05, 0) is 37.1 Å². The molecule has 0 saturated heterocycles. The molecule has 3 atom stereocenters. The van der Waals surface area contributed by atoms with Gasteiger partial charge in [-0.1, -0.05) is 13.3 Å². The maximum Gasteiger partial charge on any atom is 0.443 e. The van der Waals surface area contributed by atoms with E-state index in [9.17, 15) is 13.2 Å². The third-order valence-electron chi connectivity index (χ3n) is 4.35. The van der Waals surface area contributed by atoms with Crippen LogP contribution >= 0.6 is 11.3 Å². The molecular weight excluding hydrogens is 273 g/mol. The van der Waals surface area contributed by atoms with Gasteiger partial charge in [0.25, 0.3) is 0 Å². The van der Waals surface area contributed by atoms with Crippen molar-refractivity contribution in [2.75, 3.05) is 6.54 Å². The van der Waals surface area contributed by atoms with E-state index < -0.39 is 11.2 Å². The van der Waals surface area contributed by atoms with Crippen LogP contribution in [0.4, 0.5) is 13.2 Å². The maximum absolute atomic E-state index is 12.6. The second kappa shape index (κ2) is 4.74. The summed E-state index contributed by atoms with van der Waals surface area (Å²) in [6.07, 6.45) is 0.847. The molecule has 0 aromatic carbocycles. The quantitative estimate of drug-likeness (QED) is 0.911. The summed E-state index contributed by atoms with van der Waals surface area (Å²) in [5, 5.41) is 2.63. The van der Waals surface area contributed by atoms with Crippen molar-refractivity contribution < 1.29 is 13.2 Å². The van der Waals surface area contributed by atoms with Crippen molar-refractivity contribution in [1.82, 2.24) is 10.3 Å². The predicted octanol–water partition coefficient (Wildman–Crippen LogP) is 3.86. The molecule has 1 N–H and O–H groups in total. The smallest absolute Gasteiger partial charge is 0.309 e. The molecule has 1 aromatic heterocycles. The molecule has 6 heteroatoms. The second-order valence-corrected chi connectivity index (χ2v) is 6.50. The Morgan fingerprint density at radius 3 is 2.63 bits per heavy atom. The molecule has 2 saturated carbocycles. The van der Waals surface area contributed by atoms with Crippen LogP contribution in [0.25, 0.3) is 0 Å². The Hall–Kier alpha value is -0.620. The van der Waals surface area contributed by atoms with Gasteiger partial charge in [-0.2, -0.15) is 13.2 Å². The first kappa shape index (κ1) is 13.4. The molecule has 3 unspecified atom stereocenters. The lowest BCUT2D eigenvalue weighted by atomic mass is 10.0. The predicted molar refractivity (Wildman–Crippen MR) is 67.9 cm³/mol. The number of halogens is 3. The van der Waals surface area contributed by atoms with Gasteiger partial charge in [-0.25, -0.2) is 4.98 Å². The number of alkyl halides is 3. The summed E-state index contributed by atoms with van der Waals surface area (Å²) in [5.41, 5.74) is 0. The number of thiazole rings is 1. The number of fused-ring (bicyclic) bond motifs is 1. The van der Waals surface area contributed by atoms with Crippen molar-refractivity contribution in [3.05, 3.63) is 16.1 Å². The van der Waals surface area contributed by atoms with Crippen LogP contribution in [-0.2, 0) is 6.18 Å². The summed E-state index contributed by atoms with van der Waals surface area (Å²) in [4.78, 5) is 4.29. The Bertz CT molecular complexity index is 447. The zero-order chi connectivity index (χ0) is 13.6. The summed E-state index contributed by atoms with van der Waals surface area (Å²) >= 11 is 0.796. The zero-order valence-electron chi connectivity index (χ0n) is 10.7. The van der Waals surface area contributed by atoms with E-state index in [1.54, 1.807) is 0 Å². The molecule has 106 valence electrons. The van der Waals surface area contributed by atoms with Crippen LogP contribution in [0.3, 0.4) is 0 Å². The molecule has 2 aliphatic rings. The van der Waals surface area contributed by atoms with E-state index in [1.165, 1.54) is 25.5 Å². The van der Waals surface area contributed by atoms with E-state index in [1.807, 2.05) is 6.92 Å². The van der Waals surface area contributed by atoms with Crippen LogP contribution < -0.4 is 5.32 Å². The molecule has 0 bridgehead atoms. The number of aromatic nitrogens is 1. The van der Waals surface area contributed by atoms with Crippen LogP contribution in [0.15, 0.2) is 6.20 Å². The van der Waals surface area contributed by atoms with E-state index in [2.05, 4.69) is 10.3 Å². The summed E-state index contributed by atoms with van der Waals surface area (Å²) in [6.45, 7) is 2.77. The fraction of sp³-hybridized carbons (Fsp3) is 0.769. The SMILES string of the molecule is CCNC(c1cnc(C(F)(F)F)s1)C1C2CCCC21. The number of rotatable bonds is 4. The van der Waals surface area contributed by atoms with Crippen LogP contribution in [-0.4, -0.2) is 11.5 Å². The molecule has 0 amide bonds. The first-order valence-electron chi connectivity index (χ1n) is 6.78. The van der Waals surface area contributed by atoms with Gasteiger partial charge in [-0.15, -0.1) is 11.3 Å². The first-order valence-corrected chi connectivity index (χ1v) is 7.60. The van der Waals surface area contributed by atoms with Crippen molar-refractivity contribution in [3.8, 4) is 0 Å². The molecule has 1 aromatic rings. The van der Waals surface area contributed by atoms with Gasteiger partial charge in [-0.3, -0.25) is 0 Å². The monoisotopic (exact) mass is 290 g/mol. The molecule has 2 aliphatic carbocycles. The standard InChI is InChI=1S/C13H17F3N2S/c1-2-17-11(10-7-4-3-5-8(7)10)9-6-18-12(19-9)13(14,15)16/h6-8,10-11,17H,2-5H2,1H3. The first-order chi connectivity index (χ1) is 9.02. The molecule has 1 heterocycles. The average Bonchev–Trinajstić information content (AvgIpc) is 2.77. The lowest BCUT2D eigenvalue weighted by Crippen LogP contribution is -2.23. The largest absolute Gasteiger partial charge is 0.443 e. The van der Waals surface area contributed by atoms with Crippen LogP contribution in [0.5, 0.6) is 0 Å². The third-order valence-corrected chi connectivity index (χ3v) is 5.48. The normalized spacial score (nSPS) is 31.3. The molecular formula is C13H17F3N2S. The zero-order valence-corrected chi connectivity index (χ0v) is 11.5. The molecule has 0 radical (unpaired) electrons. The average molecular weight is 290 g/mol. The molecule has 0 aliphatic heterocycles. The Balaban J connectivity index is 1.79. The number of nitrogens with one attached hydrogen (secondary N) is 1. The lowest BCUT2D eigenvalue weighted by Gasteiger charge is -2.18. The summed E-state index contributed by atoms with van der Waals surface area (Å²) in [5.74, 6) is 1.97. The molecule has 19 heavy (non-hydrogen) atoms. The van der Waals surface area contributed by atoms with E-state index in [4.69, 9.17) is 0 Å². The summed E-state index contributed by atoms with van der Waals surface area (Å²) in [7, 11) is 0. The molecule has 2 nitrogen and oxygen atoms in total. The number of hydrogen-bond acceptors (Lipinski definition) is 3. The van der Waals surface area contributed by atoms with Gasteiger partial charge in [0, 0.05) is 17.1 Å². The minimum absolute atomic E-state index is 0.0638. The highest BCUT2D eigenvalue weighted by molar-refractivity contribution is 7.11. The summed E-state index contributed by atoms with van der Waals surface area (Å²) < 4.78 is 37.9. The van der Waals surface area contributed by atoms with Crippen molar-refractivity contribution in [1.29, 1.82) is 0 Å². The van der Waals surface area contributed by atoms with Crippen molar-refractivity contribution in [2.24, 2.45) is 17.8 Å². The van der Waals surface area contributed by atoms with Gasteiger partial charge >= 0.3 is 6.18 Å². The topological polar surface area (TPSA) is 24.9 Å². The van der Waals surface area contributed by atoms with Gasteiger partial charge < -0.3 is 5.32 Å². The van der Waals surface area contributed by atoms with Crippen molar-refractivity contribution in [3.63, 3.8) is 0 Å². The minimum atomic E-state index is -4.32. The van der Waals surface area contributed by atoms with Gasteiger partial charge in [0.2, 0.25) is 0 Å². The minimum Gasteiger partial charge on any atom is -0.309 e. The Morgan fingerprint density at radius 1 is 1.42 bits per heavy atom. The van der Waals surface area contributed by atoms with E-state index in [-0.39, 0.29) is 6.04 Å². The highest BCUT2D eigenvalue weighted by Gasteiger charge is 2.56. The van der Waals surface area contributed by atoms with E-state index in [0.29, 0.717) is 5.92 Å². The second-order valence-electron chi connectivity index (χ2n) is 5.44. The fourth-order valence-electron chi connectivity index (χ4n) is 3.58. The van der Waals surface area contributed by atoms with E-state index in [0.717, 1.165) is 34.6 Å². The van der Waals surface area contributed by atoms with E-state index >= 15 is 0 Å². The highest BCUT2D eigenvalue weighted by atomic mass is 32.1.